The van der Waals surface area contributed by atoms with Crippen LogP contribution in [0.2, 0.25) is 0 Å². The lowest BCUT2D eigenvalue weighted by Crippen LogP contribution is -1.93. The van der Waals surface area contributed by atoms with Crippen LogP contribution in [0, 0.1) is 23.7 Å². The van der Waals surface area contributed by atoms with Crippen molar-refractivity contribution < 1.29 is 9.90 Å². The average Bonchev–Trinajstić information content (AvgIpc) is 2.46. The summed E-state index contributed by atoms with van der Waals surface area (Å²) in [4.78, 5) is 10.3. The minimum Gasteiger partial charge on any atom is -0.481 e. The van der Waals surface area contributed by atoms with Gasteiger partial charge >= 0.3 is 5.97 Å². The summed E-state index contributed by atoms with van der Waals surface area (Å²) in [5.74, 6) is 11.2. The second-order valence-electron chi connectivity index (χ2n) is 5.43. The SMILES string of the molecule is CCCC#CC#CCCCCCCCCCCCC(=O)O. The van der Waals surface area contributed by atoms with Crippen molar-refractivity contribution in [3.8, 4) is 23.7 Å². The summed E-state index contributed by atoms with van der Waals surface area (Å²) in [6.45, 7) is 2.12. The van der Waals surface area contributed by atoms with Crippen molar-refractivity contribution in [3.63, 3.8) is 0 Å². The van der Waals surface area contributed by atoms with Crippen LogP contribution in [0.15, 0.2) is 0 Å². The van der Waals surface area contributed by atoms with Gasteiger partial charge in [-0.05, 0) is 31.1 Å². The topological polar surface area (TPSA) is 37.3 Å². The fourth-order valence-corrected chi connectivity index (χ4v) is 2.07. The van der Waals surface area contributed by atoms with E-state index in [2.05, 4.69) is 30.6 Å². The van der Waals surface area contributed by atoms with E-state index in [4.69, 9.17) is 5.11 Å². The zero-order valence-electron chi connectivity index (χ0n) is 13.5. The third-order valence-corrected chi connectivity index (χ3v) is 3.31. The summed E-state index contributed by atoms with van der Waals surface area (Å²) in [7, 11) is 0. The maximum absolute atomic E-state index is 10.3. The molecule has 118 valence electrons. The van der Waals surface area contributed by atoms with Gasteiger partial charge in [0.1, 0.15) is 0 Å². The Bertz CT molecular complexity index is 362. The summed E-state index contributed by atoms with van der Waals surface area (Å²) in [6, 6.07) is 0. The van der Waals surface area contributed by atoms with Gasteiger partial charge in [0.15, 0.2) is 0 Å². The van der Waals surface area contributed by atoms with E-state index in [1.807, 2.05) is 0 Å². The molecule has 1 N–H and O–H groups in total. The molecular formula is C19H30O2. The van der Waals surface area contributed by atoms with Gasteiger partial charge < -0.3 is 5.11 Å². The van der Waals surface area contributed by atoms with Crippen LogP contribution in [0.25, 0.3) is 0 Å². The largest absolute Gasteiger partial charge is 0.481 e. The number of carboxylic acids is 1. The fraction of sp³-hybridized carbons (Fsp3) is 0.737. The number of unbranched alkanes of at least 4 members (excludes halogenated alkanes) is 10. The zero-order valence-corrected chi connectivity index (χ0v) is 13.5. The Kier molecular flexibility index (Phi) is 15.5. The Morgan fingerprint density at radius 1 is 0.762 bits per heavy atom. The average molecular weight is 290 g/mol. The number of rotatable bonds is 12. The third-order valence-electron chi connectivity index (χ3n) is 3.31. The monoisotopic (exact) mass is 290 g/mol. The van der Waals surface area contributed by atoms with E-state index in [0.29, 0.717) is 6.42 Å². The highest BCUT2D eigenvalue weighted by Gasteiger charge is 1.96. The summed E-state index contributed by atoms with van der Waals surface area (Å²) < 4.78 is 0. The molecular weight excluding hydrogens is 260 g/mol. The van der Waals surface area contributed by atoms with E-state index < -0.39 is 5.97 Å². The van der Waals surface area contributed by atoms with Gasteiger partial charge in [-0.3, -0.25) is 4.79 Å². The maximum Gasteiger partial charge on any atom is 0.303 e. The number of carboxylic acid groups (broad SMARTS) is 1. The number of hydrogen-bond acceptors (Lipinski definition) is 1. The summed E-state index contributed by atoms with van der Waals surface area (Å²) in [6.07, 6.45) is 14.0. The Morgan fingerprint density at radius 3 is 1.76 bits per heavy atom. The smallest absolute Gasteiger partial charge is 0.303 e. The van der Waals surface area contributed by atoms with E-state index in [1.165, 1.54) is 44.9 Å². The third kappa shape index (κ3) is 18.6. The lowest BCUT2D eigenvalue weighted by Gasteiger charge is -2.01. The van der Waals surface area contributed by atoms with Crippen molar-refractivity contribution in [1.29, 1.82) is 0 Å². The molecule has 0 saturated carbocycles. The van der Waals surface area contributed by atoms with E-state index in [0.717, 1.165) is 32.1 Å². The van der Waals surface area contributed by atoms with Crippen LogP contribution in [0.1, 0.15) is 90.4 Å². The van der Waals surface area contributed by atoms with Gasteiger partial charge in [0, 0.05) is 19.3 Å². The highest BCUT2D eigenvalue weighted by atomic mass is 16.4. The highest BCUT2D eigenvalue weighted by Crippen LogP contribution is 2.11. The number of carbonyl (C=O) groups is 1. The molecule has 0 rings (SSSR count). The van der Waals surface area contributed by atoms with E-state index in [9.17, 15) is 4.79 Å². The van der Waals surface area contributed by atoms with Gasteiger partial charge in [0.25, 0.3) is 0 Å². The molecule has 0 aliphatic carbocycles. The molecule has 0 atom stereocenters. The first-order valence-electron chi connectivity index (χ1n) is 8.45. The Labute approximate surface area is 130 Å². The molecule has 2 nitrogen and oxygen atoms in total. The van der Waals surface area contributed by atoms with Crippen LogP contribution in [-0.4, -0.2) is 11.1 Å². The highest BCUT2D eigenvalue weighted by molar-refractivity contribution is 5.66. The second kappa shape index (κ2) is 16.6. The first-order valence-corrected chi connectivity index (χ1v) is 8.45. The summed E-state index contributed by atoms with van der Waals surface area (Å²) >= 11 is 0. The molecule has 0 fully saturated rings. The van der Waals surface area contributed by atoms with Gasteiger partial charge in [-0.1, -0.05) is 63.7 Å². The van der Waals surface area contributed by atoms with Crippen LogP contribution < -0.4 is 0 Å². The molecule has 0 aromatic heterocycles. The molecule has 0 unspecified atom stereocenters. The molecule has 0 radical (unpaired) electrons. The second-order valence-corrected chi connectivity index (χ2v) is 5.43. The molecule has 0 aromatic rings. The molecule has 0 aromatic carbocycles. The maximum atomic E-state index is 10.3. The first-order chi connectivity index (χ1) is 10.3. The van der Waals surface area contributed by atoms with Gasteiger partial charge in [0.05, 0.1) is 0 Å². The minimum absolute atomic E-state index is 0.323. The predicted molar refractivity (Wildman–Crippen MR) is 88.9 cm³/mol. The minimum atomic E-state index is -0.672. The molecule has 21 heavy (non-hydrogen) atoms. The van der Waals surface area contributed by atoms with Crippen LogP contribution >= 0.6 is 0 Å². The lowest BCUT2D eigenvalue weighted by molar-refractivity contribution is -0.137. The predicted octanol–water partition coefficient (Wildman–Crippen LogP) is 5.17. The van der Waals surface area contributed by atoms with Gasteiger partial charge in [-0.25, -0.2) is 0 Å². The van der Waals surface area contributed by atoms with E-state index >= 15 is 0 Å². The lowest BCUT2D eigenvalue weighted by atomic mass is 10.1. The van der Waals surface area contributed by atoms with Gasteiger partial charge in [0.2, 0.25) is 0 Å². The van der Waals surface area contributed by atoms with Crippen LogP contribution in [0.3, 0.4) is 0 Å². The fourth-order valence-electron chi connectivity index (χ4n) is 2.07. The van der Waals surface area contributed by atoms with Crippen molar-refractivity contribution in [1.82, 2.24) is 0 Å². The Morgan fingerprint density at radius 2 is 1.24 bits per heavy atom. The Balaban J connectivity index is 3.16. The van der Waals surface area contributed by atoms with Gasteiger partial charge in [-0.2, -0.15) is 0 Å². The van der Waals surface area contributed by atoms with Crippen molar-refractivity contribution in [2.24, 2.45) is 0 Å². The van der Waals surface area contributed by atoms with Crippen LogP contribution in [0.4, 0.5) is 0 Å². The standard InChI is InChI=1S/C19H30O2/c1-2-3-4-5-6-7-8-9-10-11-12-13-14-15-16-17-18-19(20)21/h2-3,8-18H2,1H3,(H,20,21). The van der Waals surface area contributed by atoms with E-state index in [1.54, 1.807) is 0 Å². The Hall–Kier alpha value is -1.41. The van der Waals surface area contributed by atoms with Crippen molar-refractivity contribution in [2.45, 2.75) is 90.4 Å². The van der Waals surface area contributed by atoms with Crippen LogP contribution in [0.5, 0.6) is 0 Å². The summed E-state index contributed by atoms with van der Waals surface area (Å²) in [5, 5.41) is 8.51. The molecule has 2 heteroatoms. The quantitative estimate of drug-likeness (QED) is 0.398. The van der Waals surface area contributed by atoms with Crippen LogP contribution in [-0.2, 0) is 4.79 Å². The summed E-state index contributed by atoms with van der Waals surface area (Å²) in [5.41, 5.74) is 0. The van der Waals surface area contributed by atoms with Crippen molar-refractivity contribution >= 4 is 5.97 Å². The molecule has 0 heterocycles. The van der Waals surface area contributed by atoms with Crippen molar-refractivity contribution in [3.05, 3.63) is 0 Å². The molecule has 0 amide bonds. The normalized spacial score (nSPS) is 9.38. The van der Waals surface area contributed by atoms with Crippen molar-refractivity contribution in [2.75, 3.05) is 0 Å². The molecule has 0 bridgehead atoms. The van der Waals surface area contributed by atoms with E-state index in [-0.39, 0.29) is 0 Å². The molecule has 0 aliphatic heterocycles. The molecule has 0 saturated heterocycles. The number of aliphatic carboxylic acids is 1. The zero-order chi connectivity index (χ0) is 15.6. The number of hydrogen-bond donors (Lipinski definition) is 1. The van der Waals surface area contributed by atoms with Gasteiger partial charge in [-0.15, -0.1) is 0 Å². The molecule has 0 spiro atoms. The first kappa shape index (κ1) is 19.6. The molecule has 0 aliphatic rings.